The Morgan fingerprint density at radius 3 is 2.71 bits per heavy atom. The second-order valence-corrected chi connectivity index (χ2v) is 4.24. The maximum absolute atomic E-state index is 11.0. The monoisotopic (exact) mass is 313 g/mol. The van der Waals surface area contributed by atoms with Crippen molar-refractivity contribution in [1.29, 1.82) is 0 Å². The van der Waals surface area contributed by atoms with E-state index in [2.05, 4.69) is 34.8 Å². The number of hydrogen-bond acceptors (Lipinski definition) is 2. The summed E-state index contributed by atoms with van der Waals surface area (Å²) in [5.74, 6) is 0. The van der Waals surface area contributed by atoms with Gasteiger partial charge >= 0.3 is 6.09 Å². The molecule has 4 heteroatoms. The van der Waals surface area contributed by atoms with Crippen LogP contribution in [0.4, 0.5) is 4.79 Å². The second kappa shape index (κ2) is 11.1. The molecular formula is C10H20INO2. The molecular weight excluding hydrogens is 293 g/mol. The van der Waals surface area contributed by atoms with Crippen molar-refractivity contribution < 1.29 is 9.53 Å². The summed E-state index contributed by atoms with van der Waals surface area (Å²) in [5.41, 5.74) is 0. The van der Waals surface area contributed by atoms with Gasteiger partial charge in [-0.3, -0.25) is 0 Å². The van der Waals surface area contributed by atoms with Gasteiger partial charge in [-0.1, -0.05) is 42.4 Å². The average Bonchev–Trinajstić information content (AvgIpc) is 2.18. The van der Waals surface area contributed by atoms with E-state index < -0.39 is 0 Å². The Morgan fingerprint density at radius 2 is 2.07 bits per heavy atom. The summed E-state index contributed by atoms with van der Waals surface area (Å²) in [6, 6.07) is 0. The van der Waals surface area contributed by atoms with Crippen molar-refractivity contribution in [2.45, 2.75) is 39.0 Å². The Bertz CT molecular complexity index is 142. The molecule has 0 spiro atoms. The number of carbonyl (C=O) groups is 1. The number of alkyl halides is 1. The van der Waals surface area contributed by atoms with Crippen LogP contribution in [0.2, 0.25) is 0 Å². The van der Waals surface area contributed by atoms with Crippen molar-refractivity contribution in [2.75, 3.05) is 17.6 Å². The van der Waals surface area contributed by atoms with Crippen LogP contribution < -0.4 is 5.32 Å². The van der Waals surface area contributed by atoms with Crippen LogP contribution in [0.3, 0.4) is 0 Å². The van der Waals surface area contributed by atoms with E-state index in [1.165, 1.54) is 17.3 Å². The van der Waals surface area contributed by atoms with Gasteiger partial charge in [-0.25, -0.2) is 4.79 Å². The molecule has 3 nitrogen and oxygen atoms in total. The van der Waals surface area contributed by atoms with Crippen LogP contribution in [-0.2, 0) is 4.74 Å². The second-order valence-electron chi connectivity index (χ2n) is 3.17. The summed E-state index contributed by atoms with van der Waals surface area (Å²) in [5, 5.41) is 2.74. The standard InChI is InChI=1S/C10H20INO2/c1-2-3-9-14-10(13)12-8-6-4-5-7-11/h2-9H2,1H3,(H,12,13). The molecule has 0 aromatic heterocycles. The number of rotatable bonds is 8. The van der Waals surface area contributed by atoms with E-state index in [1.807, 2.05) is 0 Å². The van der Waals surface area contributed by atoms with Gasteiger partial charge in [0.1, 0.15) is 0 Å². The van der Waals surface area contributed by atoms with Crippen molar-refractivity contribution in [3.05, 3.63) is 0 Å². The van der Waals surface area contributed by atoms with Gasteiger partial charge in [0, 0.05) is 6.54 Å². The number of hydrogen-bond donors (Lipinski definition) is 1. The number of carbonyl (C=O) groups excluding carboxylic acids is 1. The van der Waals surface area contributed by atoms with Crippen LogP contribution in [0, 0.1) is 0 Å². The quantitative estimate of drug-likeness (QED) is 0.425. The maximum Gasteiger partial charge on any atom is 0.407 e. The average molecular weight is 313 g/mol. The summed E-state index contributed by atoms with van der Waals surface area (Å²) in [6.45, 7) is 3.35. The van der Waals surface area contributed by atoms with E-state index in [0.717, 1.165) is 25.8 Å². The van der Waals surface area contributed by atoms with Crippen molar-refractivity contribution in [3.63, 3.8) is 0 Å². The fourth-order valence-corrected chi connectivity index (χ4v) is 1.49. The summed E-state index contributed by atoms with van der Waals surface area (Å²) in [4.78, 5) is 11.0. The lowest BCUT2D eigenvalue weighted by atomic mass is 10.2. The molecule has 0 rings (SSSR count). The molecule has 0 aliphatic rings. The first-order valence-corrected chi connectivity index (χ1v) is 6.80. The van der Waals surface area contributed by atoms with Crippen LogP contribution in [0.15, 0.2) is 0 Å². The highest BCUT2D eigenvalue weighted by molar-refractivity contribution is 14.1. The van der Waals surface area contributed by atoms with Crippen molar-refractivity contribution in [2.24, 2.45) is 0 Å². The third-order valence-electron chi connectivity index (χ3n) is 1.81. The van der Waals surface area contributed by atoms with Crippen LogP contribution in [0.1, 0.15) is 39.0 Å². The molecule has 84 valence electrons. The van der Waals surface area contributed by atoms with E-state index in [9.17, 15) is 4.79 Å². The zero-order chi connectivity index (χ0) is 10.6. The first kappa shape index (κ1) is 14.0. The van der Waals surface area contributed by atoms with Gasteiger partial charge in [-0.05, 0) is 23.7 Å². The normalized spacial score (nSPS) is 9.86. The number of alkyl carbamates (subject to hydrolysis) is 1. The lowest BCUT2D eigenvalue weighted by Crippen LogP contribution is -2.25. The number of amides is 1. The molecule has 1 amide bonds. The molecule has 0 aromatic rings. The summed E-state index contributed by atoms with van der Waals surface area (Å²) >= 11 is 2.36. The third-order valence-corrected chi connectivity index (χ3v) is 2.57. The molecule has 0 radical (unpaired) electrons. The molecule has 0 heterocycles. The molecule has 0 aliphatic carbocycles. The topological polar surface area (TPSA) is 38.3 Å². The molecule has 1 N–H and O–H groups in total. The number of halogens is 1. The number of ether oxygens (including phenoxy) is 1. The van der Waals surface area contributed by atoms with Crippen molar-refractivity contribution in [1.82, 2.24) is 5.32 Å². The van der Waals surface area contributed by atoms with Gasteiger partial charge in [0.15, 0.2) is 0 Å². The highest BCUT2D eigenvalue weighted by Crippen LogP contribution is 1.97. The molecule has 0 fully saturated rings. The third kappa shape index (κ3) is 10.1. The van der Waals surface area contributed by atoms with Crippen LogP contribution in [0.5, 0.6) is 0 Å². The molecule has 0 atom stereocenters. The summed E-state index contributed by atoms with van der Waals surface area (Å²) in [7, 11) is 0. The zero-order valence-electron chi connectivity index (χ0n) is 8.85. The molecule has 0 unspecified atom stereocenters. The summed E-state index contributed by atoms with van der Waals surface area (Å²) < 4.78 is 6.13. The number of unbranched alkanes of at least 4 members (excludes halogenated alkanes) is 3. The predicted octanol–water partition coefficient (Wildman–Crippen LogP) is 3.12. The Labute approximate surface area is 100 Å². The van der Waals surface area contributed by atoms with Crippen molar-refractivity contribution in [3.8, 4) is 0 Å². The fourth-order valence-electron chi connectivity index (χ4n) is 0.947. The lowest BCUT2D eigenvalue weighted by Gasteiger charge is -2.05. The minimum atomic E-state index is -0.270. The molecule has 0 saturated carbocycles. The Kier molecular flexibility index (Phi) is 11.1. The Morgan fingerprint density at radius 1 is 1.29 bits per heavy atom. The molecule has 14 heavy (non-hydrogen) atoms. The van der Waals surface area contributed by atoms with E-state index in [1.54, 1.807) is 0 Å². The van der Waals surface area contributed by atoms with Crippen LogP contribution in [-0.4, -0.2) is 23.7 Å². The van der Waals surface area contributed by atoms with E-state index in [0.29, 0.717) is 6.61 Å². The zero-order valence-corrected chi connectivity index (χ0v) is 11.0. The predicted molar refractivity (Wildman–Crippen MR) is 67.0 cm³/mol. The summed E-state index contributed by atoms with van der Waals surface area (Å²) in [6.07, 6.45) is 5.19. The lowest BCUT2D eigenvalue weighted by molar-refractivity contribution is 0.144. The van der Waals surface area contributed by atoms with Crippen LogP contribution >= 0.6 is 22.6 Å². The van der Waals surface area contributed by atoms with Gasteiger partial charge in [0.05, 0.1) is 6.61 Å². The van der Waals surface area contributed by atoms with Gasteiger partial charge in [0.25, 0.3) is 0 Å². The van der Waals surface area contributed by atoms with Gasteiger partial charge < -0.3 is 10.1 Å². The van der Waals surface area contributed by atoms with E-state index in [4.69, 9.17) is 4.74 Å². The SMILES string of the molecule is CCCCOC(=O)NCCCCCI. The first-order chi connectivity index (χ1) is 6.81. The van der Waals surface area contributed by atoms with Crippen molar-refractivity contribution >= 4 is 28.7 Å². The minimum Gasteiger partial charge on any atom is -0.450 e. The van der Waals surface area contributed by atoms with E-state index >= 15 is 0 Å². The molecule has 0 aromatic carbocycles. The Hall–Kier alpha value is 0. The minimum absolute atomic E-state index is 0.270. The van der Waals surface area contributed by atoms with Gasteiger partial charge in [0.2, 0.25) is 0 Å². The highest BCUT2D eigenvalue weighted by atomic mass is 127. The maximum atomic E-state index is 11.0. The molecule has 0 saturated heterocycles. The fraction of sp³-hybridized carbons (Fsp3) is 0.900. The van der Waals surface area contributed by atoms with E-state index in [-0.39, 0.29) is 6.09 Å². The highest BCUT2D eigenvalue weighted by Gasteiger charge is 1.99. The van der Waals surface area contributed by atoms with Crippen LogP contribution in [0.25, 0.3) is 0 Å². The van der Waals surface area contributed by atoms with Gasteiger partial charge in [-0.15, -0.1) is 0 Å². The first-order valence-electron chi connectivity index (χ1n) is 5.27. The Balaban J connectivity index is 3.10. The largest absolute Gasteiger partial charge is 0.450 e. The molecule has 0 bridgehead atoms. The molecule has 0 aliphatic heterocycles. The van der Waals surface area contributed by atoms with Gasteiger partial charge in [-0.2, -0.15) is 0 Å². The number of nitrogens with one attached hydrogen (secondary N) is 1. The smallest absolute Gasteiger partial charge is 0.407 e.